The molecule has 1 aromatic carbocycles. The van der Waals surface area contributed by atoms with Gasteiger partial charge >= 0.3 is 0 Å². The lowest BCUT2D eigenvalue weighted by Gasteiger charge is -2.38. The molecule has 1 aliphatic carbocycles. The number of hydrogen-bond donors (Lipinski definition) is 1. The first-order chi connectivity index (χ1) is 9.16. The van der Waals surface area contributed by atoms with Crippen molar-refractivity contribution >= 4 is 0 Å². The fourth-order valence-corrected chi connectivity index (χ4v) is 3.27. The standard InChI is InChI=1S/C16H24FNO/c1-3-12-9-13(15(19-2)14(17)10-12)16(11-18)7-5-4-6-8-16/h9-10H,3-8,11,18H2,1-2H3. The van der Waals surface area contributed by atoms with Gasteiger partial charge in [-0.3, -0.25) is 0 Å². The summed E-state index contributed by atoms with van der Waals surface area (Å²) in [5, 5.41) is 0. The third kappa shape index (κ3) is 2.62. The van der Waals surface area contributed by atoms with Gasteiger partial charge in [0.05, 0.1) is 7.11 Å². The van der Waals surface area contributed by atoms with Crippen LogP contribution in [0.5, 0.6) is 5.75 Å². The lowest BCUT2D eigenvalue weighted by atomic mass is 9.69. The zero-order valence-corrected chi connectivity index (χ0v) is 12.0. The average Bonchev–Trinajstić information content (AvgIpc) is 2.47. The Morgan fingerprint density at radius 2 is 1.95 bits per heavy atom. The molecule has 0 radical (unpaired) electrons. The van der Waals surface area contributed by atoms with Crippen molar-refractivity contribution in [2.45, 2.75) is 50.9 Å². The van der Waals surface area contributed by atoms with Crippen molar-refractivity contribution in [3.05, 3.63) is 29.1 Å². The van der Waals surface area contributed by atoms with Crippen LogP contribution in [0.15, 0.2) is 12.1 Å². The van der Waals surface area contributed by atoms with Gasteiger partial charge in [0.2, 0.25) is 0 Å². The van der Waals surface area contributed by atoms with Crippen molar-refractivity contribution in [3.63, 3.8) is 0 Å². The number of rotatable bonds is 4. The highest BCUT2D eigenvalue weighted by atomic mass is 19.1. The van der Waals surface area contributed by atoms with Gasteiger partial charge in [0.25, 0.3) is 0 Å². The van der Waals surface area contributed by atoms with Crippen LogP contribution in [0.4, 0.5) is 4.39 Å². The highest BCUT2D eigenvalue weighted by Crippen LogP contribution is 2.43. The first-order valence-electron chi connectivity index (χ1n) is 7.24. The van der Waals surface area contributed by atoms with Crippen molar-refractivity contribution in [3.8, 4) is 5.75 Å². The molecule has 2 N–H and O–H groups in total. The van der Waals surface area contributed by atoms with Crippen molar-refractivity contribution in [1.82, 2.24) is 0 Å². The summed E-state index contributed by atoms with van der Waals surface area (Å²) in [5.41, 5.74) is 7.96. The van der Waals surface area contributed by atoms with Crippen LogP contribution in [0.25, 0.3) is 0 Å². The molecule has 106 valence electrons. The molecule has 0 aliphatic heterocycles. The maximum atomic E-state index is 14.2. The van der Waals surface area contributed by atoms with Crippen LogP contribution in [0.2, 0.25) is 0 Å². The Morgan fingerprint density at radius 3 is 2.47 bits per heavy atom. The zero-order chi connectivity index (χ0) is 13.9. The van der Waals surface area contributed by atoms with Gasteiger partial charge in [-0.2, -0.15) is 0 Å². The summed E-state index contributed by atoms with van der Waals surface area (Å²) in [7, 11) is 1.54. The van der Waals surface area contributed by atoms with E-state index in [1.165, 1.54) is 19.3 Å². The van der Waals surface area contributed by atoms with E-state index in [0.29, 0.717) is 12.3 Å². The second kappa shape index (κ2) is 5.91. The van der Waals surface area contributed by atoms with E-state index in [2.05, 4.69) is 6.07 Å². The lowest BCUT2D eigenvalue weighted by Crippen LogP contribution is -2.37. The van der Waals surface area contributed by atoms with Crippen LogP contribution in [0.1, 0.15) is 50.2 Å². The van der Waals surface area contributed by atoms with E-state index in [1.54, 1.807) is 13.2 Å². The first kappa shape index (κ1) is 14.3. The molecule has 1 saturated carbocycles. The molecule has 1 aliphatic rings. The van der Waals surface area contributed by atoms with Gasteiger partial charge in [0.15, 0.2) is 11.6 Å². The number of methoxy groups -OCH3 is 1. The number of halogens is 1. The van der Waals surface area contributed by atoms with E-state index in [-0.39, 0.29) is 11.2 Å². The minimum atomic E-state index is -0.254. The minimum Gasteiger partial charge on any atom is -0.493 e. The molecule has 0 saturated heterocycles. The van der Waals surface area contributed by atoms with Gasteiger partial charge in [-0.25, -0.2) is 4.39 Å². The van der Waals surface area contributed by atoms with E-state index in [9.17, 15) is 4.39 Å². The van der Waals surface area contributed by atoms with Crippen LogP contribution in [-0.2, 0) is 11.8 Å². The predicted octanol–water partition coefficient (Wildman–Crippen LogP) is 3.56. The van der Waals surface area contributed by atoms with Crippen LogP contribution >= 0.6 is 0 Å². The summed E-state index contributed by atoms with van der Waals surface area (Å²) in [6, 6.07) is 3.68. The van der Waals surface area contributed by atoms with Crippen LogP contribution in [0, 0.1) is 5.82 Å². The molecule has 1 aromatic rings. The van der Waals surface area contributed by atoms with Crippen molar-refractivity contribution < 1.29 is 9.13 Å². The molecule has 1 fully saturated rings. The molecule has 0 aromatic heterocycles. The average molecular weight is 265 g/mol. The number of nitrogens with two attached hydrogens (primary N) is 1. The molecule has 0 unspecified atom stereocenters. The number of hydrogen-bond acceptors (Lipinski definition) is 2. The molecule has 19 heavy (non-hydrogen) atoms. The SMILES string of the molecule is CCc1cc(F)c(OC)c(C2(CN)CCCCC2)c1. The van der Waals surface area contributed by atoms with Crippen molar-refractivity contribution in [2.24, 2.45) is 5.73 Å². The molecule has 0 atom stereocenters. The van der Waals surface area contributed by atoms with E-state index in [1.807, 2.05) is 6.92 Å². The van der Waals surface area contributed by atoms with Crippen molar-refractivity contribution in [1.29, 1.82) is 0 Å². The lowest BCUT2D eigenvalue weighted by molar-refractivity contribution is 0.283. The highest BCUT2D eigenvalue weighted by Gasteiger charge is 2.36. The summed E-state index contributed by atoms with van der Waals surface area (Å²) in [6.45, 7) is 2.61. The van der Waals surface area contributed by atoms with Gasteiger partial charge in [0, 0.05) is 17.5 Å². The summed E-state index contributed by atoms with van der Waals surface area (Å²) >= 11 is 0. The number of ether oxygens (including phenoxy) is 1. The van der Waals surface area contributed by atoms with Gasteiger partial charge in [-0.05, 0) is 30.9 Å². The molecule has 0 spiro atoms. The molecule has 0 amide bonds. The summed E-state index contributed by atoms with van der Waals surface area (Å²) < 4.78 is 19.5. The summed E-state index contributed by atoms with van der Waals surface area (Å²) in [6.07, 6.45) is 6.48. The maximum absolute atomic E-state index is 14.2. The highest BCUT2D eigenvalue weighted by molar-refractivity contribution is 5.44. The van der Waals surface area contributed by atoms with E-state index in [4.69, 9.17) is 10.5 Å². The van der Waals surface area contributed by atoms with Gasteiger partial charge in [-0.15, -0.1) is 0 Å². The number of aryl methyl sites for hydroxylation is 1. The smallest absolute Gasteiger partial charge is 0.165 e. The first-order valence-corrected chi connectivity index (χ1v) is 7.24. The fraction of sp³-hybridized carbons (Fsp3) is 0.625. The van der Waals surface area contributed by atoms with Crippen molar-refractivity contribution in [2.75, 3.05) is 13.7 Å². The Kier molecular flexibility index (Phi) is 4.46. The predicted molar refractivity (Wildman–Crippen MR) is 76.1 cm³/mol. The largest absolute Gasteiger partial charge is 0.493 e. The molecule has 2 rings (SSSR count). The molecule has 3 heteroatoms. The Balaban J connectivity index is 2.54. The molecular formula is C16H24FNO. The Labute approximate surface area is 115 Å². The third-order valence-electron chi connectivity index (χ3n) is 4.49. The third-order valence-corrected chi connectivity index (χ3v) is 4.49. The summed E-state index contributed by atoms with van der Waals surface area (Å²) in [4.78, 5) is 0. The van der Waals surface area contributed by atoms with Gasteiger partial charge in [-0.1, -0.05) is 32.3 Å². The van der Waals surface area contributed by atoms with E-state index in [0.717, 1.165) is 30.4 Å². The molecular weight excluding hydrogens is 241 g/mol. The molecule has 0 bridgehead atoms. The topological polar surface area (TPSA) is 35.2 Å². The maximum Gasteiger partial charge on any atom is 0.165 e. The van der Waals surface area contributed by atoms with Crippen LogP contribution in [0.3, 0.4) is 0 Å². The van der Waals surface area contributed by atoms with Gasteiger partial charge < -0.3 is 10.5 Å². The van der Waals surface area contributed by atoms with Crippen LogP contribution < -0.4 is 10.5 Å². The fourth-order valence-electron chi connectivity index (χ4n) is 3.27. The minimum absolute atomic E-state index is 0.102. The Hall–Kier alpha value is -1.09. The quantitative estimate of drug-likeness (QED) is 0.903. The van der Waals surface area contributed by atoms with Gasteiger partial charge in [0.1, 0.15) is 0 Å². The second-order valence-electron chi connectivity index (χ2n) is 5.56. The van der Waals surface area contributed by atoms with E-state index >= 15 is 0 Å². The Morgan fingerprint density at radius 1 is 1.26 bits per heavy atom. The number of benzene rings is 1. The van der Waals surface area contributed by atoms with E-state index < -0.39 is 0 Å². The summed E-state index contributed by atoms with van der Waals surface area (Å²) in [5.74, 6) is 0.139. The van der Waals surface area contributed by atoms with Crippen LogP contribution in [-0.4, -0.2) is 13.7 Å². The Bertz CT molecular complexity index is 439. The normalized spacial score (nSPS) is 18.3. The molecule has 0 heterocycles. The monoisotopic (exact) mass is 265 g/mol. The second-order valence-corrected chi connectivity index (χ2v) is 5.56. The zero-order valence-electron chi connectivity index (χ0n) is 12.0. The molecule has 2 nitrogen and oxygen atoms in total.